The van der Waals surface area contributed by atoms with Crippen LogP contribution in [-0.2, 0) is 0 Å². The number of hydrogen-bond donors (Lipinski definition) is 0. The van der Waals surface area contributed by atoms with Crippen LogP contribution in [0.2, 0.25) is 5.02 Å². The van der Waals surface area contributed by atoms with Crippen molar-refractivity contribution >= 4 is 28.6 Å². The van der Waals surface area contributed by atoms with Gasteiger partial charge in [-0.25, -0.2) is 5.01 Å². The summed E-state index contributed by atoms with van der Waals surface area (Å²) < 4.78 is 17.6. The fraction of sp³-hybridized carbons (Fsp3) is 0.227. The van der Waals surface area contributed by atoms with Gasteiger partial charge >= 0.3 is 0 Å². The number of rotatable bonds is 4. The van der Waals surface area contributed by atoms with E-state index in [1.165, 1.54) is 4.88 Å². The zero-order valence-electron chi connectivity index (χ0n) is 16.0. The highest BCUT2D eigenvalue weighted by Gasteiger charge is 2.42. The molecule has 3 heterocycles. The summed E-state index contributed by atoms with van der Waals surface area (Å²) in [5.74, 6) is 2.12. The highest BCUT2D eigenvalue weighted by molar-refractivity contribution is 7.12. The van der Waals surface area contributed by atoms with Gasteiger partial charge in [-0.2, -0.15) is 5.10 Å². The van der Waals surface area contributed by atoms with Gasteiger partial charge in [-0.1, -0.05) is 23.7 Å². The minimum atomic E-state index is -0.434. The lowest BCUT2D eigenvalue weighted by atomic mass is 9.97. The number of fused-ring (bicyclic) bond motifs is 3. The molecule has 0 radical (unpaired) electrons. The van der Waals surface area contributed by atoms with Crippen LogP contribution >= 0.6 is 22.9 Å². The van der Waals surface area contributed by atoms with Crippen LogP contribution in [0.3, 0.4) is 0 Å². The molecular weight excluding hydrogens is 408 g/mol. The first-order valence-electron chi connectivity index (χ1n) is 9.26. The molecule has 2 aliphatic rings. The average molecular weight is 427 g/mol. The van der Waals surface area contributed by atoms with E-state index in [9.17, 15) is 0 Å². The zero-order chi connectivity index (χ0) is 20.0. The minimum Gasteiger partial charge on any atom is -0.493 e. The van der Waals surface area contributed by atoms with E-state index in [1.54, 1.807) is 25.6 Å². The maximum Gasteiger partial charge on any atom is 0.217 e. The number of thiophene rings is 1. The number of ether oxygens (including phenoxy) is 3. The van der Waals surface area contributed by atoms with Crippen LogP contribution in [0.1, 0.15) is 34.7 Å². The normalized spacial score (nSPS) is 19.8. The Kier molecular flexibility index (Phi) is 4.60. The summed E-state index contributed by atoms with van der Waals surface area (Å²) in [5.41, 5.74) is 2.97. The molecule has 29 heavy (non-hydrogen) atoms. The number of benzene rings is 2. The highest BCUT2D eigenvalue weighted by atomic mass is 35.5. The third kappa shape index (κ3) is 3.03. The van der Waals surface area contributed by atoms with Crippen LogP contribution in [-0.4, -0.2) is 24.9 Å². The van der Waals surface area contributed by atoms with Crippen LogP contribution < -0.4 is 14.2 Å². The lowest BCUT2D eigenvalue weighted by molar-refractivity contribution is -0.0205. The molecule has 5 rings (SSSR count). The second-order valence-electron chi connectivity index (χ2n) is 6.86. The standard InChI is InChI=1S/C22H19ClN2O3S/c1-26-19-6-3-5-14(21(19)27-2)22-25-17(12-16(24-25)20-7-4-10-29-20)15-11-13(23)8-9-18(15)28-22/h3-11,17,22H,12H2,1-2H3/t17-,22+/m0/s1. The summed E-state index contributed by atoms with van der Waals surface area (Å²) in [6.07, 6.45) is 0.358. The van der Waals surface area contributed by atoms with Crippen molar-refractivity contribution in [1.82, 2.24) is 5.01 Å². The summed E-state index contributed by atoms with van der Waals surface area (Å²) in [7, 11) is 3.27. The van der Waals surface area contributed by atoms with Gasteiger partial charge in [0.1, 0.15) is 5.75 Å². The summed E-state index contributed by atoms with van der Waals surface area (Å²) in [5, 5.41) is 9.74. The largest absolute Gasteiger partial charge is 0.493 e. The molecule has 0 unspecified atom stereocenters. The van der Waals surface area contributed by atoms with Crippen molar-refractivity contribution in [2.45, 2.75) is 18.7 Å². The van der Waals surface area contributed by atoms with Gasteiger partial charge in [-0.05, 0) is 41.8 Å². The van der Waals surface area contributed by atoms with Gasteiger partial charge in [0.15, 0.2) is 11.5 Å². The molecule has 2 atom stereocenters. The number of methoxy groups -OCH3 is 2. The molecular formula is C22H19ClN2O3S. The molecule has 148 valence electrons. The quantitative estimate of drug-likeness (QED) is 0.539. The van der Waals surface area contributed by atoms with Gasteiger partial charge in [0, 0.05) is 17.0 Å². The SMILES string of the molecule is COc1cccc([C@H]2Oc3ccc(Cl)cc3[C@@H]3CC(c4cccs4)=NN23)c1OC. The van der Waals surface area contributed by atoms with Gasteiger partial charge in [0.2, 0.25) is 6.23 Å². The fourth-order valence-electron chi connectivity index (χ4n) is 3.96. The maximum atomic E-state index is 6.42. The topological polar surface area (TPSA) is 43.3 Å². The predicted molar refractivity (Wildman–Crippen MR) is 114 cm³/mol. The molecule has 2 aliphatic heterocycles. The van der Waals surface area contributed by atoms with E-state index in [2.05, 4.69) is 11.4 Å². The Hall–Kier alpha value is -2.70. The van der Waals surface area contributed by atoms with E-state index in [4.69, 9.17) is 30.9 Å². The van der Waals surface area contributed by atoms with Crippen molar-refractivity contribution in [2.24, 2.45) is 5.10 Å². The fourth-order valence-corrected chi connectivity index (χ4v) is 4.86. The summed E-state index contributed by atoms with van der Waals surface area (Å²) in [6.45, 7) is 0. The van der Waals surface area contributed by atoms with Crippen LogP contribution in [0.4, 0.5) is 0 Å². The number of hydrogen-bond acceptors (Lipinski definition) is 6. The molecule has 3 aromatic rings. The second-order valence-corrected chi connectivity index (χ2v) is 8.24. The number of nitrogens with zero attached hydrogens (tertiary/aromatic N) is 2. The van der Waals surface area contributed by atoms with Gasteiger partial charge in [0.05, 0.1) is 36.4 Å². The maximum absolute atomic E-state index is 6.42. The van der Waals surface area contributed by atoms with Crippen molar-refractivity contribution in [1.29, 1.82) is 0 Å². The molecule has 0 spiro atoms. The molecule has 0 aliphatic carbocycles. The Morgan fingerprint density at radius 3 is 2.76 bits per heavy atom. The molecule has 0 bridgehead atoms. The predicted octanol–water partition coefficient (Wildman–Crippen LogP) is 5.66. The monoisotopic (exact) mass is 426 g/mol. The first-order valence-corrected chi connectivity index (χ1v) is 10.5. The third-order valence-electron chi connectivity index (χ3n) is 5.26. The Labute approximate surface area is 178 Å². The summed E-state index contributed by atoms with van der Waals surface area (Å²) in [4.78, 5) is 1.17. The Bertz CT molecular complexity index is 1080. The van der Waals surface area contributed by atoms with Crippen molar-refractivity contribution in [3.63, 3.8) is 0 Å². The summed E-state index contributed by atoms with van der Waals surface area (Å²) >= 11 is 7.99. The Morgan fingerprint density at radius 1 is 1.10 bits per heavy atom. The lowest BCUT2D eigenvalue weighted by Gasteiger charge is -2.38. The van der Waals surface area contributed by atoms with E-state index in [1.807, 2.05) is 47.5 Å². The van der Waals surface area contributed by atoms with Crippen LogP contribution in [0.15, 0.2) is 59.0 Å². The van der Waals surface area contributed by atoms with Crippen LogP contribution in [0, 0.1) is 0 Å². The van der Waals surface area contributed by atoms with E-state index >= 15 is 0 Å². The molecule has 7 heteroatoms. The summed E-state index contributed by atoms with van der Waals surface area (Å²) in [6, 6.07) is 15.7. The smallest absolute Gasteiger partial charge is 0.217 e. The van der Waals surface area contributed by atoms with Crippen molar-refractivity contribution in [2.75, 3.05) is 14.2 Å². The second kappa shape index (κ2) is 7.28. The molecule has 0 saturated carbocycles. The molecule has 2 aromatic carbocycles. The van der Waals surface area contributed by atoms with E-state index in [0.717, 1.165) is 29.0 Å². The Morgan fingerprint density at radius 2 is 2.00 bits per heavy atom. The minimum absolute atomic E-state index is 0.0375. The molecule has 0 amide bonds. The highest BCUT2D eigenvalue weighted by Crippen LogP contribution is 2.50. The first-order chi connectivity index (χ1) is 14.2. The lowest BCUT2D eigenvalue weighted by Crippen LogP contribution is -2.34. The number of para-hydroxylation sites is 1. The molecule has 1 aromatic heterocycles. The van der Waals surface area contributed by atoms with Gasteiger partial charge in [-0.3, -0.25) is 0 Å². The molecule has 0 saturated heterocycles. The van der Waals surface area contributed by atoms with Crippen molar-refractivity contribution < 1.29 is 14.2 Å². The van der Waals surface area contributed by atoms with Crippen molar-refractivity contribution in [3.05, 3.63) is 74.9 Å². The molecule has 0 N–H and O–H groups in total. The number of hydrazone groups is 1. The third-order valence-corrected chi connectivity index (χ3v) is 6.41. The van der Waals surface area contributed by atoms with E-state index < -0.39 is 6.23 Å². The van der Waals surface area contributed by atoms with Gasteiger partial charge < -0.3 is 14.2 Å². The van der Waals surface area contributed by atoms with Crippen LogP contribution in [0.5, 0.6) is 17.2 Å². The average Bonchev–Trinajstić information content (AvgIpc) is 3.42. The van der Waals surface area contributed by atoms with Crippen LogP contribution in [0.25, 0.3) is 0 Å². The Balaban J connectivity index is 1.65. The number of halogens is 1. The van der Waals surface area contributed by atoms with Crippen molar-refractivity contribution in [3.8, 4) is 17.2 Å². The molecule has 0 fully saturated rings. The van der Waals surface area contributed by atoms with E-state index in [0.29, 0.717) is 16.5 Å². The zero-order valence-corrected chi connectivity index (χ0v) is 17.5. The molecule has 5 nitrogen and oxygen atoms in total. The van der Waals surface area contributed by atoms with E-state index in [-0.39, 0.29) is 6.04 Å². The first kappa shape index (κ1) is 18.3. The van der Waals surface area contributed by atoms with Gasteiger partial charge in [-0.15, -0.1) is 11.3 Å². The van der Waals surface area contributed by atoms with Gasteiger partial charge in [0.25, 0.3) is 0 Å².